The molecule has 1 amide bonds. The molecule has 0 fully saturated rings. The number of aromatic nitrogens is 2. The molecule has 3 aromatic rings. The Hall–Kier alpha value is -3.46. The van der Waals surface area contributed by atoms with Gasteiger partial charge in [-0.2, -0.15) is 4.98 Å². The van der Waals surface area contributed by atoms with Crippen LogP contribution in [0, 0.1) is 10.1 Å². The standard InChI is InChI=1S/C18H15ClN4O5/c1-22(18(24)14-7-6-12(23(25)26)9-15(14)19)10-16-20-17(21-28-16)11-4-3-5-13(8-11)27-2/h3-9H,10H2,1-2H3. The molecule has 2 aromatic carbocycles. The summed E-state index contributed by atoms with van der Waals surface area (Å²) in [6, 6.07) is 10.8. The van der Waals surface area contributed by atoms with Gasteiger partial charge in [-0.25, -0.2) is 0 Å². The van der Waals surface area contributed by atoms with Crippen LogP contribution in [0.5, 0.6) is 5.75 Å². The Morgan fingerprint density at radius 1 is 1.32 bits per heavy atom. The number of nitro benzene ring substituents is 1. The number of halogens is 1. The first-order valence-corrected chi connectivity index (χ1v) is 8.43. The van der Waals surface area contributed by atoms with Gasteiger partial charge in [-0.15, -0.1) is 0 Å². The van der Waals surface area contributed by atoms with Crippen LogP contribution in [0.4, 0.5) is 5.69 Å². The molecule has 0 spiro atoms. The van der Waals surface area contributed by atoms with Crippen LogP contribution in [0.2, 0.25) is 5.02 Å². The monoisotopic (exact) mass is 402 g/mol. The second-order valence-corrected chi connectivity index (χ2v) is 6.23. The van der Waals surface area contributed by atoms with E-state index in [4.69, 9.17) is 20.9 Å². The van der Waals surface area contributed by atoms with Gasteiger partial charge in [0.1, 0.15) is 5.75 Å². The van der Waals surface area contributed by atoms with Gasteiger partial charge < -0.3 is 14.2 Å². The van der Waals surface area contributed by atoms with E-state index in [1.807, 2.05) is 6.07 Å². The van der Waals surface area contributed by atoms with E-state index in [2.05, 4.69) is 10.1 Å². The highest BCUT2D eigenvalue weighted by Crippen LogP contribution is 2.24. The van der Waals surface area contributed by atoms with E-state index >= 15 is 0 Å². The first kappa shape index (κ1) is 19.3. The fourth-order valence-electron chi connectivity index (χ4n) is 2.47. The normalized spacial score (nSPS) is 10.5. The minimum absolute atomic E-state index is 0.00588. The van der Waals surface area contributed by atoms with Gasteiger partial charge in [0.15, 0.2) is 0 Å². The molecular weight excluding hydrogens is 388 g/mol. The number of hydrogen-bond donors (Lipinski definition) is 0. The van der Waals surface area contributed by atoms with E-state index in [0.717, 1.165) is 6.07 Å². The molecule has 0 unspecified atom stereocenters. The van der Waals surface area contributed by atoms with Crippen molar-refractivity contribution in [1.82, 2.24) is 15.0 Å². The van der Waals surface area contributed by atoms with Crippen molar-refractivity contribution in [2.45, 2.75) is 6.54 Å². The molecule has 0 bridgehead atoms. The van der Waals surface area contributed by atoms with Crippen molar-refractivity contribution in [3.63, 3.8) is 0 Å². The van der Waals surface area contributed by atoms with E-state index < -0.39 is 10.8 Å². The zero-order valence-corrected chi connectivity index (χ0v) is 15.7. The Bertz CT molecular complexity index is 1040. The minimum atomic E-state index is -0.581. The van der Waals surface area contributed by atoms with Crippen molar-refractivity contribution in [2.24, 2.45) is 0 Å². The summed E-state index contributed by atoms with van der Waals surface area (Å²) in [4.78, 5) is 28.4. The average Bonchev–Trinajstić information content (AvgIpc) is 3.15. The molecule has 9 nitrogen and oxygen atoms in total. The topological polar surface area (TPSA) is 112 Å². The van der Waals surface area contributed by atoms with Crippen molar-refractivity contribution in [1.29, 1.82) is 0 Å². The van der Waals surface area contributed by atoms with Crippen LogP contribution < -0.4 is 4.74 Å². The van der Waals surface area contributed by atoms with Gasteiger partial charge in [-0.1, -0.05) is 28.9 Å². The molecule has 0 saturated carbocycles. The molecule has 0 atom stereocenters. The first-order chi connectivity index (χ1) is 13.4. The lowest BCUT2D eigenvalue weighted by atomic mass is 10.2. The van der Waals surface area contributed by atoms with Crippen LogP contribution in [0.3, 0.4) is 0 Å². The molecule has 0 saturated heterocycles. The van der Waals surface area contributed by atoms with Crippen molar-refractivity contribution >= 4 is 23.2 Å². The van der Waals surface area contributed by atoms with Gasteiger partial charge in [-0.05, 0) is 18.2 Å². The Morgan fingerprint density at radius 2 is 2.11 bits per heavy atom. The van der Waals surface area contributed by atoms with Crippen molar-refractivity contribution in [2.75, 3.05) is 14.2 Å². The summed E-state index contributed by atoms with van der Waals surface area (Å²) in [5, 5.41) is 14.7. The van der Waals surface area contributed by atoms with E-state index in [1.165, 1.54) is 24.1 Å². The Kier molecular flexibility index (Phi) is 5.55. The van der Waals surface area contributed by atoms with Crippen molar-refractivity contribution in [3.05, 3.63) is 69.1 Å². The number of non-ortho nitro benzene ring substituents is 1. The highest BCUT2D eigenvalue weighted by molar-refractivity contribution is 6.34. The predicted molar refractivity (Wildman–Crippen MR) is 100 cm³/mol. The number of hydrogen-bond acceptors (Lipinski definition) is 7. The smallest absolute Gasteiger partial charge is 0.270 e. The number of carbonyl (C=O) groups is 1. The SMILES string of the molecule is COc1cccc(-c2noc(CN(C)C(=O)c3ccc([N+](=O)[O-])cc3Cl)n2)c1. The molecule has 1 heterocycles. The number of carbonyl (C=O) groups excluding carboxylic acids is 1. The van der Waals surface area contributed by atoms with E-state index in [-0.39, 0.29) is 28.7 Å². The van der Waals surface area contributed by atoms with Gasteiger partial charge in [0.05, 0.1) is 29.2 Å². The number of methoxy groups -OCH3 is 1. The van der Waals surface area contributed by atoms with E-state index in [9.17, 15) is 14.9 Å². The van der Waals surface area contributed by atoms with Crippen LogP contribution >= 0.6 is 11.6 Å². The lowest BCUT2D eigenvalue weighted by Crippen LogP contribution is -2.26. The van der Waals surface area contributed by atoms with Gasteiger partial charge in [-0.3, -0.25) is 14.9 Å². The second-order valence-electron chi connectivity index (χ2n) is 5.83. The largest absolute Gasteiger partial charge is 0.497 e. The molecule has 28 heavy (non-hydrogen) atoms. The first-order valence-electron chi connectivity index (χ1n) is 8.05. The van der Waals surface area contributed by atoms with Gasteiger partial charge >= 0.3 is 0 Å². The summed E-state index contributed by atoms with van der Waals surface area (Å²) in [6.45, 7) is 0.0448. The fraction of sp³-hybridized carbons (Fsp3) is 0.167. The zero-order valence-electron chi connectivity index (χ0n) is 15.0. The van der Waals surface area contributed by atoms with Gasteiger partial charge in [0.25, 0.3) is 11.6 Å². The Labute approximate surface area is 164 Å². The number of nitro groups is 1. The molecule has 10 heteroatoms. The summed E-state index contributed by atoms with van der Waals surface area (Å²) in [5.74, 6) is 0.819. The third-order valence-electron chi connectivity index (χ3n) is 3.91. The maximum absolute atomic E-state index is 12.6. The lowest BCUT2D eigenvalue weighted by Gasteiger charge is -2.15. The maximum Gasteiger partial charge on any atom is 0.270 e. The average molecular weight is 403 g/mol. The Morgan fingerprint density at radius 3 is 2.79 bits per heavy atom. The summed E-state index contributed by atoms with van der Waals surface area (Å²) in [7, 11) is 3.10. The molecule has 0 aliphatic rings. The molecule has 144 valence electrons. The number of rotatable bonds is 6. The van der Waals surface area contributed by atoms with E-state index in [0.29, 0.717) is 17.1 Å². The summed E-state index contributed by atoms with van der Waals surface area (Å²) in [5.41, 5.74) is 0.660. The van der Waals surface area contributed by atoms with E-state index in [1.54, 1.807) is 25.3 Å². The molecule has 1 aromatic heterocycles. The van der Waals surface area contributed by atoms with Crippen LogP contribution in [0.1, 0.15) is 16.2 Å². The maximum atomic E-state index is 12.6. The van der Waals surface area contributed by atoms with Crippen LogP contribution in [0.15, 0.2) is 47.0 Å². The zero-order chi connectivity index (χ0) is 20.3. The number of benzene rings is 2. The number of nitrogens with zero attached hydrogens (tertiary/aromatic N) is 4. The molecule has 0 aliphatic heterocycles. The lowest BCUT2D eigenvalue weighted by molar-refractivity contribution is -0.384. The molecule has 0 aliphatic carbocycles. The van der Waals surface area contributed by atoms with Crippen LogP contribution in [-0.4, -0.2) is 40.0 Å². The third kappa shape index (κ3) is 4.09. The van der Waals surface area contributed by atoms with Crippen molar-refractivity contribution in [3.8, 4) is 17.1 Å². The fourth-order valence-corrected chi connectivity index (χ4v) is 2.73. The minimum Gasteiger partial charge on any atom is -0.497 e. The molecular formula is C18H15ClN4O5. The second kappa shape index (κ2) is 8.05. The quantitative estimate of drug-likeness (QED) is 0.457. The van der Waals surface area contributed by atoms with Crippen LogP contribution in [0.25, 0.3) is 11.4 Å². The van der Waals surface area contributed by atoms with Crippen molar-refractivity contribution < 1.29 is 19.0 Å². The summed E-state index contributed by atoms with van der Waals surface area (Å²) < 4.78 is 10.4. The molecule has 0 N–H and O–H groups in total. The number of amides is 1. The highest BCUT2D eigenvalue weighted by atomic mass is 35.5. The molecule has 0 radical (unpaired) electrons. The number of ether oxygens (including phenoxy) is 1. The Balaban J connectivity index is 1.74. The van der Waals surface area contributed by atoms with Gasteiger partial charge in [0.2, 0.25) is 11.7 Å². The summed E-state index contributed by atoms with van der Waals surface area (Å²) >= 11 is 6.01. The predicted octanol–water partition coefficient (Wildman–Crippen LogP) is 3.58. The third-order valence-corrected chi connectivity index (χ3v) is 4.22. The highest BCUT2D eigenvalue weighted by Gasteiger charge is 2.20. The summed E-state index contributed by atoms with van der Waals surface area (Å²) in [6.07, 6.45) is 0. The molecule has 3 rings (SSSR count). The van der Waals surface area contributed by atoms with Crippen LogP contribution in [-0.2, 0) is 6.54 Å². The van der Waals surface area contributed by atoms with Gasteiger partial charge in [0, 0.05) is 24.7 Å².